The standard InChI is InChI=1S/C29H24F2N2O2/c30-25-13-9-23(10-14-25)20-33(29(35)24-7-4-8-26(31)18-24)27-15-11-21(12-16-27)17-28(34)32-19-22-5-2-1-3-6-22/h1-16,18H,17,19-20H2,(H,32,34). The molecule has 0 saturated carbocycles. The van der Waals surface area contributed by atoms with Crippen LogP contribution in [0.2, 0.25) is 0 Å². The normalized spacial score (nSPS) is 10.6. The Bertz CT molecular complexity index is 1290. The van der Waals surface area contributed by atoms with Gasteiger partial charge in [0, 0.05) is 17.8 Å². The fraction of sp³-hybridized carbons (Fsp3) is 0.103. The minimum Gasteiger partial charge on any atom is -0.352 e. The second kappa shape index (κ2) is 11.2. The van der Waals surface area contributed by atoms with Gasteiger partial charge in [0.25, 0.3) is 5.91 Å². The van der Waals surface area contributed by atoms with E-state index in [1.165, 1.54) is 35.2 Å². The predicted octanol–water partition coefficient (Wildman–Crippen LogP) is 5.67. The van der Waals surface area contributed by atoms with Gasteiger partial charge in [-0.25, -0.2) is 8.78 Å². The third-order valence-electron chi connectivity index (χ3n) is 5.52. The summed E-state index contributed by atoms with van der Waals surface area (Å²) in [5, 5.41) is 2.90. The third-order valence-corrected chi connectivity index (χ3v) is 5.52. The van der Waals surface area contributed by atoms with Crippen molar-refractivity contribution in [3.63, 3.8) is 0 Å². The van der Waals surface area contributed by atoms with E-state index in [4.69, 9.17) is 0 Å². The Hall–Kier alpha value is -4.32. The zero-order valence-electron chi connectivity index (χ0n) is 19.0. The number of halogens is 2. The lowest BCUT2D eigenvalue weighted by molar-refractivity contribution is -0.120. The van der Waals surface area contributed by atoms with Gasteiger partial charge in [0.1, 0.15) is 11.6 Å². The third kappa shape index (κ3) is 6.60. The lowest BCUT2D eigenvalue weighted by Crippen LogP contribution is -2.30. The van der Waals surface area contributed by atoms with E-state index in [1.807, 2.05) is 30.3 Å². The van der Waals surface area contributed by atoms with Gasteiger partial charge in [0.2, 0.25) is 5.91 Å². The van der Waals surface area contributed by atoms with Crippen LogP contribution in [0.3, 0.4) is 0 Å². The molecule has 2 amide bonds. The summed E-state index contributed by atoms with van der Waals surface area (Å²) in [7, 11) is 0. The second-order valence-corrected chi connectivity index (χ2v) is 8.13. The van der Waals surface area contributed by atoms with Crippen molar-refractivity contribution in [2.24, 2.45) is 0 Å². The fourth-order valence-electron chi connectivity index (χ4n) is 3.67. The van der Waals surface area contributed by atoms with E-state index in [1.54, 1.807) is 42.5 Å². The molecule has 0 aromatic heterocycles. The van der Waals surface area contributed by atoms with Crippen LogP contribution in [0.25, 0.3) is 0 Å². The quantitative estimate of drug-likeness (QED) is 0.361. The molecule has 0 aliphatic heterocycles. The Morgan fingerprint density at radius 1 is 0.686 bits per heavy atom. The number of rotatable bonds is 8. The van der Waals surface area contributed by atoms with Crippen LogP contribution in [0.5, 0.6) is 0 Å². The molecule has 0 fully saturated rings. The summed E-state index contributed by atoms with van der Waals surface area (Å²) in [4.78, 5) is 27.1. The van der Waals surface area contributed by atoms with Gasteiger partial charge in [-0.3, -0.25) is 9.59 Å². The van der Waals surface area contributed by atoms with E-state index in [0.717, 1.165) is 16.7 Å². The van der Waals surface area contributed by atoms with E-state index in [0.29, 0.717) is 12.2 Å². The number of nitrogens with one attached hydrogen (secondary N) is 1. The van der Waals surface area contributed by atoms with E-state index in [-0.39, 0.29) is 36.2 Å². The maximum absolute atomic E-state index is 13.8. The molecule has 4 aromatic rings. The molecule has 0 radical (unpaired) electrons. The first kappa shape index (κ1) is 23.8. The molecule has 0 heterocycles. The van der Waals surface area contributed by atoms with Crippen molar-refractivity contribution in [3.8, 4) is 0 Å². The highest BCUT2D eigenvalue weighted by molar-refractivity contribution is 6.06. The Kier molecular flexibility index (Phi) is 7.63. The van der Waals surface area contributed by atoms with Crippen molar-refractivity contribution in [1.82, 2.24) is 5.32 Å². The van der Waals surface area contributed by atoms with Crippen LogP contribution >= 0.6 is 0 Å². The first-order valence-electron chi connectivity index (χ1n) is 11.2. The Morgan fingerprint density at radius 3 is 2.06 bits per heavy atom. The van der Waals surface area contributed by atoms with Crippen molar-refractivity contribution in [2.75, 3.05) is 4.90 Å². The zero-order valence-corrected chi connectivity index (χ0v) is 19.0. The number of amides is 2. The van der Waals surface area contributed by atoms with Crippen molar-refractivity contribution in [2.45, 2.75) is 19.5 Å². The summed E-state index contributed by atoms with van der Waals surface area (Å²) in [6, 6.07) is 28.1. The maximum atomic E-state index is 13.8. The minimum atomic E-state index is -0.505. The summed E-state index contributed by atoms with van der Waals surface area (Å²) in [5.74, 6) is -1.37. The van der Waals surface area contributed by atoms with Gasteiger partial charge in [-0.05, 0) is 59.2 Å². The lowest BCUT2D eigenvalue weighted by atomic mass is 10.1. The van der Waals surface area contributed by atoms with Gasteiger partial charge in [0.05, 0.1) is 13.0 Å². The topological polar surface area (TPSA) is 49.4 Å². The number of hydrogen-bond acceptors (Lipinski definition) is 2. The van der Waals surface area contributed by atoms with Crippen LogP contribution in [0, 0.1) is 11.6 Å². The van der Waals surface area contributed by atoms with E-state index in [9.17, 15) is 18.4 Å². The van der Waals surface area contributed by atoms with Crippen molar-refractivity contribution < 1.29 is 18.4 Å². The summed E-state index contributed by atoms with van der Waals surface area (Å²) >= 11 is 0. The zero-order chi connectivity index (χ0) is 24.6. The largest absolute Gasteiger partial charge is 0.352 e. The summed E-state index contributed by atoms with van der Waals surface area (Å²) in [6.07, 6.45) is 0.197. The molecule has 4 rings (SSSR count). The predicted molar refractivity (Wildman–Crippen MR) is 132 cm³/mol. The second-order valence-electron chi connectivity index (χ2n) is 8.13. The Morgan fingerprint density at radius 2 is 1.37 bits per heavy atom. The Labute approximate surface area is 202 Å². The molecule has 0 atom stereocenters. The number of hydrogen-bond donors (Lipinski definition) is 1. The smallest absolute Gasteiger partial charge is 0.258 e. The molecule has 176 valence electrons. The van der Waals surface area contributed by atoms with Gasteiger partial charge in [-0.15, -0.1) is 0 Å². The number of carbonyl (C=O) groups excluding carboxylic acids is 2. The number of anilines is 1. The molecule has 6 heteroatoms. The molecule has 0 bridgehead atoms. The monoisotopic (exact) mass is 470 g/mol. The highest BCUT2D eigenvalue weighted by atomic mass is 19.1. The van der Waals surface area contributed by atoms with Gasteiger partial charge in [-0.2, -0.15) is 0 Å². The molecular weight excluding hydrogens is 446 g/mol. The van der Waals surface area contributed by atoms with E-state index in [2.05, 4.69) is 5.32 Å². The molecule has 0 aliphatic rings. The van der Waals surface area contributed by atoms with Gasteiger partial charge in [-0.1, -0.05) is 60.7 Å². The molecule has 0 saturated heterocycles. The molecule has 4 aromatic carbocycles. The molecule has 0 unspecified atom stereocenters. The van der Waals surface area contributed by atoms with Crippen LogP contribution in [-0.4, -0.2) is 11.8 Å². The van der Waals surface area contributed by atoms with Crippen molar-refractivity contribution in [1.29, 1.82) is 0 Å². The van der Waals surface area contributed by atoms with Gasteiger partial charge < -0.3 is 10.2 Å². The molecule has 0 spiro atoms. The average Bonchev–Trinajstić information content (AvgIpc) is 2.88. The fourth-order valence-corrected chi connectivity index (χ4v) is 3.67. The summed E-state index contributed by atoms with van der Waals surface area (Å²) < 4.78 is 27.1. The number of nitrogens with zero attached hydrogens (tertiary/aromatic N) is 1. The van der Waals surface area contributed by atoms with Crippen LogP contribution in [-0.2, 0) is 24.3 Å². The van der Waals surface area contributed by atoms with Crippen LogP contribution < -0.4 is 10.2 Å². The van der Waals surface area contributed by atoms with Gasteiger partial charge in [0.15, 0.2) is 0 Å². The van der Waals surface area contributed by atoms with Crippen LogP contribution in [0.15, 0.2) is 103 Å². The van der Waals surface area contributed by atoms with Crippen molar-refractivity contribution in [3.05, 3.63) is 137 Å². The molecule has 35 heavy (non-hydrogen) atoms. The number of carbonyl (C=O) groups is 2. The summed E-state index contributed by atoms with van der Waals surface area (Å²) in [6.45, 7) is 0.623. The molecule has 1 N–H and O–H groups in total. The average molecular weight is 471 g/mol. The lowest BCUT2D eigenvalue weighted by Gasteiger charge is -2.23. The highest BCUT2D eigenvalue weighted by Crippen LogP contribution is 2.22. The first-order valence-corrected chi connectivity index (χ1v) is 11.2. The van der Waals surface area contributed by atoms with E-state index < -0.39 is 5.82 Å². The molecule has 4 nitrogen and oxygen atoms in total. The SMILES string of the molecule is O=C(Cc1ccc(N(Cc2ccc(F)cc2)C(=O)c2cccc(F)c2)cc1)NCc1ccccc1. The first-order chi connectivity index (χ1) is 17.0. The van der Waals surface area contributed by atoms with Gasteiger partial charge >= 0.3 is 0 Å². The van der Waals surface area contributed by atoms with Crippen LogP contribution in [0.4, 0.5) is 14.5 Å². The van der Waals surface area contributed by atoms with Crippen molar-refractivity contribution >= 4 is 17.5 Å². The Balaban J connectivity index is 1.49. The van der Waals surface area contributed by atoms with Crippen LogP contribution in [0.1, 0.15) is 27.0 Å². The highest BCUT2D eigenvalue weighted by Gasteiger charge is 2.19. The molecular formula is C29H24F2N2O2. The minimum absolute atomic E-state index is 0.111. The maximum Gasteiger partial charge on any atom is 0.258 e. The number of benzene rings is 4. The van der Waals surface area contributed by atoms with E-state index >= 15 is 0 Å². The molecule has 0 aliphatic carbocycles. The summed E-state index contributed by atoms with van der Waals surface area (Å²) in [5.41, 5.74) is 3.32.